The first kappa shape index (κ1) is 17.8. The summed E-state index contributed by atoms with van der Waals surface area (Å²) in [5.41, 5.74) is 1.42. The average molecular weight is 350 g/mol. The monoisotopic (exact) mass is 350 g/mol. The van der Waals surface area contributed by atoms with Crippen molar-refractivity contribution in [1.29, 1.82) is 0 Å². The molecule has 3 aromatic rings. The van der Waals surface area contributed by atoms with Gasteiger partial charge in [0.15, 0.2) is 0 Å². The van der Waals surface area contributed by atoms with Crippen LogP contribution in [-0.2, 0) is 17.9 Å². The second-order valence-electron chi connectivity index (χ2n) is 6.49. The Hall–Kier alpha value is -3.02. The van der Waals surface area contributed by atoms with E-state index in [4.69, 9.17) is 0 Å². The lowest BCUT2D eigenvalue weighted by molar-refractivity contribution is -0.133. The molecule has 0 fully saturated rings. The van der Waals surface area contributed by atoms with E-state index in [2.05, 4.69) is 10.3 Å². The minimum absolute atomic E-state index is 0.00860. The van der Waals surface area contributed by atoms with E-state index in [9.17, 15) is 9.59 Å². The van der Waals surface area contributed by atoms with Crippen LogP contribution in [0.1, 0.15) is 25.8 Å². The zero-order valence-electron chi connectivity index (χ0n) is 15.0. The van der Waals surface area contributed by atoms with E-state index in [1.54, 1.807) is 18.2 Å². The Kier molecular flexibility index (Phi) is 5.41. The maximum atomic E-state index is 12.7. The largest absolute Gasteiger partial charge is 0.336 e. The van der Waals surface area contributed by atoms with E-state index in [1.807, 2.05) is 55.1 Å². The number of aromatic nitrogens is 3. The predicted octanol–water partition coefficient (Wildman–Crippen LogP) is 2.62. The van der Waals surface area contributed by atoms with Gasteiger partial charge in [-0.25, -0.2) is 4.68 Å². The van der Waals surface area contributed by atoms with Crippen LogP contribution in [-0.4, -0.2) is 31.8 Å². The quantitative estimate of drug-likeness (QED) is 0.685. The van der Waals surface area contributed by atoms with Crippen LogP contribution in [0.15, 0.2) is 59.4 Å². The van der Waals surface area contributed by atoms with Gasteiger partial charge in [-0.05, 0) is 31.5 Å². The van der Waals surface area contributed by atoms with Gasteiger partial charge in [-0.1, -0.05) is 47.7 Å². The third-order valence-corrected chi connectivity index (χ3v) is 4.31. The number of hydrogen-bond acceptors (Lipinski definition) is 4. The highest BCUT2D eigenvalue weighted by atomic mass is 16.2. The Bertz CT molecular complexity index is 951. The predicted molar refractivity (Wildman–Crippen MR) is 101 cm³/mol. The molecule has 3 rings (SSSR count). The molecule has 0 aliphatic carbocycles. The first-order valence-electron chi connectivity index (χ1n) is 8.72. The third-order valence-electron chi connectivity index (χ3n) is 4.31. The highest BCUT2D eigenvalue weighted by Crippen LogP contribution is 2.10. The van der Waals surface area contributed by atoms with E-state index in [0.29, 0.717) is 17.4 Å². The second-order valence-corrected chi connectivity index (χ2v) is 6.49. The fourth-order valence-electron chi connectivity index (χ4n) is 2.85. The average Bonchev–Trinajstić information content (AvgIpc) is 2.66. The second kappa shape index (κ2) is 7.91. The maximum Gasteiger partial charge on any atom is 0.277 e. The molecular formula is C20H22N4O2. The Morgan fingerprint density at radius 2 is 1.77 bits per heavy atom. The smallest absolute Gasteiger partial charge is 0.277 e. The van der Waals surface area contributed by atoms with Crippen LogP contribution < -0.4 is 5.56 Å². The van der Waals surface area contributed by atoms with Gasteiger partial charge < -0.3 is 4.90 Å². The van der Waals surface area contributed by atoms with Gasteiger partial charge in [-0.15, -0.1) is 5.10 Å². The molecule has 6 nitrogen and oxygen atoms in total. The van der Waals surface area contributed by atoms with Crippen molar-refractivity contribution in [2.45, 2.75) is 39.4 Å². The van der Waals surface area contributed by atoms with Gasteiger partial charge in [-0.2, -0.15) is 0 Å². The van der Waals surface area contributed by atoms with Gasteiger partial charge in [0.1, 0.15) is 5.52 Å². The van der Waals surface area contributed by atoms with E-state index in [1.165, 1.54) is 4.68 Å². The summed E-state index contributed by atoms with van der Waals surface area (Å²) >= 11 is 0. The lowest BCUT2D eigenvalue weighted by Crippen LogP contribution is -2.37. The van der Waals surface area contributed by atoms with Crippen molar-refractivity contribution in [3.8, 4) is 0 Å². The van der Waals surface area contributed by atoms with Crippen LogP contribution in [0.3, 0.4) is 0 Å². The first-order chi connectivity index (χ1) is 12.6. The summed E-state index contributed by atoms with van der Waals surface area (Å²) in [7, 11) is 0. The highest BCUT2D eigenvalue weighted by molar-refractivity contribution is 5.77. The fraction of sp³-hybridized carbons (Fsp3) is 0.300. The van der Waals surface area contributed by atoms with Crippen molar-refractivity contribution in [2.24, 2.45) is 0 Å². The normalized spacial score (nSPS) is 11.0. The van der Waals surface area contributed by atoms with Gasteiger partial charge in [0, 0.05) is 19.0 Å². The van der Waals surface area contributed by atoms with Crippen LogP contribution in [0.5, 0.6) is 0 Å². The lowest BCUT2D eigenvalue weighted by Gasteiger charge is -2.27. The zero-order valence-corrected chi connectivity index (χ0v) is 15.0. The highest BCUT2D eigenvalue weighted by Gasteiger charge is 2.18. The maximum absolute atomic E-state index is 12.7. The molecule has 0 saturated heterocycles. The van der Waals surface area contributed by atoms with Crippen LogP contribution >= 0.6 is 0 Å². The SMILES string of the molecule is CC(C)N(Cc1ccccc1)C(=O)CCn1nnc2ccccc2c1=O. The Balaban J connectivity index is 1.72. The van der Waals surface area contributed by atoms with Crippen LogP contribution in [0.25, 0.3) is 10.9 Å². The van der Waals surface area contributed by atoms with E-state index in [0.717, 1.165) is 5.56 Å². The van der Waals surface area contributed by atoms with Crippen LogP contribution in [0, 0.1) is 0 Å². The molecule has 1 aromatic heterocycles. The van der Waals surface area contributed by atoms with Crippen molar-refractivity contribution >= 4 is 16.8 Å². The molecule has 0 N–H and O–H groups in total. The van der Waals surface area contributed by atoms with Gasteiger partial charge in [-0.3, -0.25) is 9.59 Å². The molecule has 6 heteroatoms. The van der Waals surface area contributed by atoms with Gasteiger partial charge in [0.05, 0.1) is 11.9 Å². The number of carbonyl (C=O) groups is 1. The van der Waals surface area contributed by atoms with Crippen molar-refractivity contribution in [1.82, 2.24) is 19.9 Å². The van der Waals surface area contributed by atoms with E-state index >= 15 is 0 Å². The standard InChI is InChI=1S/C20H22N4O2/c1-15(2)23(14-16-8-4-3-5-9-16)19(25)12-13-24-20(26)17-10-6-7-11-18(17)21-22-24/h3-11,15H,12-14H2,1-2H3. The number of amides is 1. The van der Waals surface area contributed by atoms with E-state index in [-0.39, 0.29) is 30.5 Å². The Morgan fingerprint density at radius 1 is 1.08 bits per heavy atom. The molecule has 0 bridgehead atoms. The first-order valence-corrected chi connectivity index (χ1v) is 8.72. The molecule has 0 saturated carbocycles. The summed E-state index contributed by atoms with van der Waals surface area (Å²) in [5.74, 6) is -0.00860. The minimum Gasteiger partial charge on any atom is -0.336 e. The summed E-state index contributed by atoms with van der Waals surface area (Å²) < 4.78 is 1.27. The Morgan fingerprint density at radius 3 is 2.50 bits per heavy atom. The minimum atomic E-state index is -0.220. The van der Waals surface area contributed by atoms with Crippen molar-refractivity contribution in [3.05, 3.63) is 70.5 Å². The molecule has 1 amide bonds. The number of aryl methyl sites for hydroxylation is 1. The molecule has 0 aliphatic rings. The topological polar surface area (TPSA) is 68.1 Å². The molecule has 134 valence electrons. The molecule has 0 unspecified atom stereocenters. The lowest BCUT2D eigenvalue weighted by atomic mass is 10.1. The molecule has 0 aliphatic heterocycles. The summed E-state index contributed by atoms with van der Waals surface area (Å²) in [6.07, 6.45) is 0.206. The van der Waals surface area contributed by atoms with E-state index < -0.39 is 0 Å². The molecule has 1 heterocycles. The summed E-state index contributed by atoms with van der Waals surface area (Å²) in [6, 6.07) is 17.0. The number of nitrogens with zero attached hydrogens (tertiary/aromatic N) is 4. The van der Waals surface area contributed by atoms with Crippen LogP contribution in [0.4, 0.5) is 0 Å². The zero-order chi connectivity index (χ0) is 18.5. The molecule has 26 heavy (non-hydrogen) atoms. The molecule has 0 radical (unpaired) electrons. The van der Waals surface area contributed by atoms with Crippen molar-refractivity contribution in [3.63, 3.8) is 0 Å². The van der Waals surface area contributed by atoms with Crippen molar-refractivity contribution in [2.75, 3.05) is 0 Å². The van der Waals surface area contributed by atoms with Crippen LogP contribution in [0.2, 0.25) is 0 Å². The third kappa shape index (κ3) is 3.96. The summed E-state index contributed by atoms with van der Waals surface area (Å²) in [5, 5.41) is 8.52. The Labute approximate surface area is 152 Å². The number of carbonyl (C=O) groups excluding carboxylic acids is 1. The van der Waals surface area contributed by atoms with Gasteiger partial charge in [0.2, 0.25) is 5.91 Å². The fourth-order valence-corrected chi connectivity index (χ4v) is 2.85. The van der Waals surface area contributed by atoms with Crippen molar-refractivity contribution < 1.29 is 4.79 Å². The number of fused-ring (bicyclic) bond motifs is 1. The molecule has 0 spiro atoms. The molecular weight excluding hydrogens is 328 g/mol. The summed E-state index contributed by atoms with van der Waals surface area (Å²) in [6.45, 7) is 4.74. The number of benzene rings is 2. The van der Waals surface area contributed by atoms with Gasteiger partial charge >= 0.3 is 0 Å². The molecule has 2 aromatic carbocycles. The van der Waals surface area contributed by atoms with Gasteiger partial charge in [0.25, 0.3) is 5.56 Å². The number of rotatable bonds is 6. The number of hydrogen-bond donors (Lipinski definition) is 0. The summed E-state index contributed by atoms with van der Waals surface area (Å²) in [4.78, 5) is 27.0. The molecule has 0 atom stereocenters.